The summed E-state index contributed by atoms with van der Waals surface area (Å²) in [5, 5.41) is 7.73. The number of hydrogen-bond donors (Lipinski definition) is 1. The second-order valence-corrected chi connectivity index (χ2v) is 7.70. The zero-order chi connectivity index (χ0) is 19.9. The van der Waals surface area contributed by atoms with Crippen LogP contribution in [0.4, 0.5) is 0 Å². The van der Waals surface area contributed by atoms with Crippen LogP contribution < -0.4 is 5.32 Å². The van der Waals surface area contributed by atoms with Gasteiger partial charge in [-0.1, -0.05) is 30.3 Å². The zero-order valence-corrected chi connectivity index (χ0v) is 20.0. The number of rotatable bonds is 7. The molecule has 4 rings (SSSR count). The molecule has 3 heterocycles. The van der Waals surface area contributed by atoms with Crippen LogP contribution in [0.3, 0.4) is 0 Å². The lowest BCUT2D eigenvalue weighted by atomic mass is 10.1. The minimum absolute atomic E-state index is 0. The fourth-order valence-electron chi connectivity index (χ4n) is 4.22. The highest BCUT2D eigenvalue weighted by Gasteiger charge is 2.41. The molecule has 0 spiro atoms. The molecule has 2 aliphatic rings. The smallest absolute Gasteiger partial charge is 0.194 e. The number of aryl methyl sites for hydroxylation is 1. The van der Waals surface area contributed by atoms with Crippen LogP contribution in [0.1, 0.15) is 18.9 Å². The molecule has 0 radical (unpaired) electrons. The van der Waals surface area contributed by atoms with Crippen molar-refractivity contribution < 1.29 is 4.74 Å². The molecular formula is C22H33IN6O. The van der Waals surface area contributed by atoms with Crippen molar-refractivity contribution in [2.75, 3.05) is 39.3 Å². The van der Waals surface area contributed by atoms with Gasteiger partial charge < -0.3 is 15.0 Å². The van der Waals surface area contributed by atoms with Crippen LogP contribution in [0, 0.1) is 0 Å². The van der Waals surface area contributed by atoms with Crippen LogP contribution in [0.15, 0.2) is 53.8 Å². The topological polar surface area (TPSA) is 57.9 Å². The molecule has 2 fully saturated rings. The molecule has 0 aliphatic carbocycles. The van der Waals surface area contributed by atoms with Crippen molar-refractivity contribution in [1.82, 2.24) is 24.9 Å². The third kappa shape index (κ3) is 5.95. The summed E-state index contributed by atoms with van der Waals surface area (Å²) in [5.41, 5.74) is 1.37. The molecule has 2 aromatic rings. The van der Waals surface area contributed by atoms with Crippen molar-refractivity contribution in [3.8, 4) is 0 Å². The van der Waals surface area contributed by atoms with Crippen molar-refractivity contribution in [3.05, 3.63) is 54.4 Å². The van der Waals surface area contributed by atoms with Crippen LogP contribution in [-0.2, 0) is 17.8 Å². The van der Waals surface area contributed by atoms with Gasteiger partial charge >= 0.3 is 0 Å². The summed E-state index contributed by atoms with van der Waals surface area (Å²) in [5.74, 6) is 1.01. The number of nitrogens with one attached hydrogen (secondary N) is 1. The Morgan fingerprint density at radius 1 is 1.23 bits per heavy atom. The molecule has 1 N–H and O–H groups in total. The molecule has 0 saturated carbocycles. The van der Waals surface area contributed by atoms with Gasteiger partial charge in [-0.2, -0.15) is 5.10 Å². The Kier molecular flexibility index (Phi) is 8.95. The van der Waals surface area contributed by atoms with Crippen LogP contribution in [0.2, 0.25) is 0 Å². The second kappa shape index (κ2) is 11.7. The largest absolute Gasteiger partial charge is 0.373 e. The number of hydrogen-bond acceptors (Lipinski definition) is 4. The van der Waals surface area contributed by atoms with E-state index in [2.05, 4.69) is 57.5 Å². The molecule has 2 unspecified atom stereocenters. The van der Waals surface area contributed by atoms with Gasteiger partial charge in [0, 0.05) is 58.2 Å². The van der Waals surface area contributed by atoms with Crippen LogP contribution in [0.5, 0.6) is 0 Å². The Morgan fingerprint density at radius 2 is 2.10 bits per heavy atom. The van der Waals surface area contributed by atoms with Gasteiger partial charge in [0.05, 0.1) is 18.8 Å². The van der Waals surface area contributed by atoms with E-state index in [-0.39, 0.29) is 30.1 Å². The summed E-state index contributed by atoms with van der Waals surface area (Å²) in [6, 6.07) is 13.1. The average molecular weight is 524 g/mol. The average Bonchev–Trinajstić information content (AvgIpc) is 3.41. The molecule has 2 atom stereocenters. The highest BCUT2D eigenvalue weighted by atomic mass is 127. The summed E-state index contributed by atoms with van der Waals surface area (Å²) < 4.78 is 8.09. The van der Waals surface area contributed by atoms with Crippen molar-refractivity contribution in [2.24, 2.45) is 4.99 Å². The number of halogens is 1. The van der Waals surface area contributed by atoms with Gasteiger partial charge in [0.1, 0.15) is 0 Å². The summed E-state index contributed by atoms with van der Waals surface area (Å²) in [7, 11) is 0. The monoisotopic (exact) mass is 524 g/mol. The van der Waals surface area contributed by atoms with E-state index in [9.17, 15) is 0 Å². The maximum atomic E-state index is 6.13. The molecule has 0 bridgehead atoms. The fourth-order valence-corrected chi connectivity index (χ4v) is 4.22. The Morgan fingerprint density at radius 3 is 2.87 bits per heavy atom. The summed E-state index contributed by atoms with van der Waals surface area (Å²) in [4.78, 5) is 9.82. The Bertz CT molecular complexity index is 769. The predicted molar refractivity (Wildman–Crippen MR) is 130 cm³/mol. The number of fused-ring (bicyclic) bond motifs is 1. The maximum Gasteiger partial charge on any atom is 0.194 e. The van der Waals surface area contributed by atoms with E-state index in [1.165, 1.54) is 5.56 Å². The van der Waals surface area contributed by atoms with Gasteiger partial charge in [-0.05, 0) is 25.0 Å². The third-order valence-corrected chi connectivity index (χ3v) is 5.65. The minimum Gasteiger partial charge on any atom is -0.373 e. The number of aliphatic imine (C=N–C) groups is 1. The van der Waals surface area contributed by atoms with E-state index in [0.717, 1.165) is 64.8 Å². The third-order valence-electron chi connectivity index (χ3n) is 5.65. The molecule has 30 heavy (non-hydrogen) atoms. The van der Waals surface area contributed by atoms with E-state index >= 15 is 0 Å². The van der Waals surface area contributed by atoms with E-state index in [4.69, 9.17) is 9.73 Å². The van der Waals surface area contributed by atoms with Crippen molar-refractivity contribution >= 4 is 29.9 Å². The Balaban J connectivity index is 0.00000256. The second-order valence-electron chi connectivity index (χ2n) is 7.70. The van der Waals surface area contributed by atoms with Gasteiger partial charge in [-0.25, -0.2) is 0 Å². The van der Waals surface area contributed by atoms with Gasteiger partial charge in [-0.15, -0.1) is 24.0 Å². The zero-order valence-electron chi connectivity index (χ0n) is 17.7. The van der Waals surface area contributed by atoms with Gasteiger partial charge in [-0.3, -0.25) is 14.6 Å². The molecule has 164 valence electrons. The van der Waals surface area contributed by atoms with Gasteiger partial charge in [0.2, 0.25) is 0 Å². The minimum atomic E-state index is 0. The molecule has 2 aliphatic heterocycles. The first-order valence-electron chi connectivity index (χ1n) is 10.7. The number of nitrogens with zero attached hydrogens (tertiary/aromatic N) is 5. The number of aromatic nitrogens is 2. The molecule has 2 saturated heterocycles. The van der Waals surface area contributed by atoms with E-state index in [1.54, 1.807) is 0 Å². The highest BCUT2D eigenvalue weighted by molar-refractivity contribution is 14.0. The molecular weight excluding hydrogens is 491 g/mol. The first-order chi connectivity index (χ1) is 14.3. The highest BCUT2D eigenvalue weighted by Crippen LogP contribution is 2.24. The molecule has 1 aromatic heterocycles. The number of guanidine groups is 1. The van der Waals surface area contributed by atoms with Crippen LogP contribution in [-0.4, -0.2) is 77.0 Å². The van der Waals surface area contributed by atoms with E-state index in [0.29, 0.717) is 6.04 Å². The number of benzene rings is 1. The number of ether oxygens (including phenoxy) is 1. The van der Waals surface area contributed by atoms with Crippen molar-refractivity contribution in [3.63, 3.8) is 0 Å². The van der Waals surface area contributed by atoms with Crippen molar-refractivity contribution in [2.45, 2.75) is 38.6 Å². The first kappa shape index (κ1) is 23.0. The molecule has 8 heteroatoms. The lowest BCUT2D eigenvalue weighted by Gasteiger charge is -2.36. The molecule has 0 amide bonds. The maximum absolute atomic E-state index is 6.13. The normalized spacial score (nSPS) is 21.9. The fraction of sp³-hybridized carbons (Fsp3) is 0.545. The van der Waals surface area contributed by atoms with Crippen LogP contribution >= 0.6 is 24.0 Å². The Hall–Kier alpha value is -1.65. The lowest BCUT2D eigenvalue weighted by molar-refractivity contribution is -0.0502. The molecule has 1 aromatic carbocycles. The lowest BCUT2D eigenvalue weighted by Crippen LogP contribution is -2.50. The van der Waals surface area contributed by atoms with E-state index < -0.39 is 0 Å². The van der Waals surface area contributed by atoms with Crippen molar-refractivity contribution in [1.29, 1.82) is 0 Å². The Labute approximate surface area is 196 Å². The van der Waals surface area contributed by atoms with Gasteiger partial charge in [0.15, 0.2) is 5.96 Å². The number of likely N-dealkylation sites (tertiary alicyclic amines) is 1. The number of morpholine rings is 1. The predicted octanol–water partition coefficient (Wildman–Crippen LogP) is 2.44. The van der Waals surface area contributed by atoms with Gasteiger partial charge in [0.25, 0.3) is 0 Å². The van der Waals surface area contributed by atoms with Crippen LogP contribution in [0.25, 0.3) is 0 Å². The standard InChI is InChI=1S/C22H32N6O.HI/c1-2-23-22(24-10-6-12-28-13-7-11-25-28)27-17-20-21(18-27)29-15-14-26(20)16-19-8-4-3-5-9-19;/h3-5,7-9,11,13,20-21H,2,6,10,12,14-18H2,1H3,(H,23,24);1H. The van der Waals surface area contributed by atoms with E-state index in [1.807, 2.05) is 23.1 Å². The molecule has 7 nitrogen and oxygen atoms in total. The first-order valence-corrected chi connectivity index (χ1v) is 10.7. The summed E-state index contributed by atoms with van der Waals surface area (Å²) >= 11 is 0. The SMILES string of the molecule is CCNC(=NCCCn1cccn1)N1CC2OCCN(Cc3ccccc3)C2C1.I. The summed E-state index contributed by atoms with van der Waals surface area (Å²) in [6.07, 6.45) is 5.05. The quantitative estimate of drug-likeness (QED) is 0.261. The summed E-state index contributed by atoms with van der Waals surface area (Å²) in [6.45, 7) is 9.33.